The highest BCUT2D eigenvalue weighted by atomic mass is 32.2. The molecule has 158 valence electrons. The van der Waals surface area contributed by atoms with Crippen LogP contribution in [0.25, 0.3) is 10.2 Å². The van der Waals surface area contributed by atoms with Crippen molar-refractivity contribution in [1.82, 2.24) is 19.9 Å². The van der Waals surface area contributed by atoms with Gasteiger partial charge in [0, 0.05) is 21.9 Å². The number of aromatic amines is 2. The van der Waals surface area contributed by atoms with Crippen LogP contribution in [0.5, 0.6) is 0 Å². The summed E-state index contributed by atoms with van der Waals surface area (Å²) in [4.78, 5) is 52.4. The van der Waals surface area contributed by atoms with Gasteiger partial charge in [-0.1, -0.05) is 25.6 Å². The van der Waals surface area contributed by atoms with E-state index < -0.39 is 11.2 Å². The number of thioether (sulfide) groups is 1. The zero-order chi connectivity index (χ0) is 21.4. The van der Waals surface area contributed by atoms with Crippen LogP contribution in [-0.4, -0.2) is 31.6 Å². The topological polar surface area (TPSA) is 121 Å². The number of fused-ring (bicyclic) bond motifs is 3. The summed E-state index contributed by atoms with van der Waals surface area (Å²) >= 11 is 3.10. The lowest BCUT2D eigenvalue weighted by Gasteiger charge is -2.13. The molecule has 4 rings (SSSR count). The lowest BCUT2D eigenvalue weighted by Crippen LogP contribution is -2.29. The number of nitrogens with one attached hydrogen (secondary N) is 3. The van der Waals surface area contributed by atoms with E-state index in [1.807, 2.05) is 0 Å². The first-order chi connectivity index (χ1) is 14.3. The normalized spacial score (nSPS) is 13.6. The smallest absolute Gasteiger partial charge is 0.319 e. The molecule has 10 heteroatoms. The molecule has 8 nitrogen and oxygen atoms in total. The molecule has 0 spiro atoms. The molecule has 3 N–H and O–H groups in total. The van der Waals surface area contributed by atoms with Gasteiger partial charge in [0.1, 0.15) is 21.4 Å². The Labute approximate surface area is 180 Å². The molecule has 3 aromatic rings. The zero-order valence-electron chi connectivity index (χ0n) is 17.0. The van der Waals surface area contributed by atoms with Gasteiger partial charge in [-0.15, -0.1) is 11.3 Å². The molecule has 0 saturated heterocycles. The van der Waals surface area contributed by atoms with Crippen molar-refractivity contribution < 1.29 is 4.79 Å². The van der Waals surface area contributed by atoms with E-state index in [1.54, 1.807) is 18.3 Å². The second kappa shape index (κ2) is 8.35. The first-order valence-electron chi connectivity index (χ1n) is 9.91. The van der Waals surface area contributed by atoms with Gasteiger partial charge in [0.2, 0.25) is 5.91 Å². The molecule has 0 bridgehead atoms. The molecule has 0 aliphatic heterocycles. The van der Waals surface area contributed by atoms with E-state index in [2.05, 4.69) is 29.1 Å². The Kier molecular flexibility index (Phi) is 5.79. The van der Waals surface area contributed by atoms with Gasteiger partial charge in [-0.05, 0) is 38.2 Å². The van der Waals surface area contributed by atoms with Crippen LogP contribution in [0.2, 0.25) is 0 Å². The van der Waals surface area contributed by atoms with Crippen LogP contribution < -0.4 is 16.6 Å². The standard InChI is InChI=1S/C20H23N5O3S2/c1-9(2)16-23-18(14-11-6-4-5-7-12(11)30-19(14)24-16)29-8-13(26)22-15-10(3)21-20(28)25-17(15)27/h9H,4-8H2,1-3H3,(H,22,26)(H2,21,25,27,28). The van der Waals surface area contributed by atoms with Crippen LogP contribution in [0.3, 0.4) is 0 Å². The minimum absolute atomic E-state index is 0.0591. The minimum Gasteiger partial charge on any atom is -0.319 e. The summed E-state index contributed by atoms with van der Waals surface area (Å²) in [6, 6.07) is 0. The fourth-order valence-electron chi connectivity index (χ4n) is 3.56. The molecule has 0 fully saturated rings. The Hall–Kier alpha value is -2.46. The molecule has 1 amide bonds. The number of carbonyl (C=O) groups excluding carboxylic acids is 1. The fourth-order valence-corrected chi connectivity index (χ4v) is 5.76. The Morgan fingerprint density at radius 3 is 2.70 bits per heavy atom. The lowest BCUT2D eigenvalue weighted by atomic mass is 9.97. The Bertz CT molecular complexity index is 1240. The molecule has 0 aromatic carbocycles. The maximum Gasteiger partial charge on any atom is 0.326 e. The average molecular weight is 446 g/mol. The number of amides is 1. The van der Waals surface area contributed by atoms with E-state index in [9.17, 15) is 14.4 Å². The Morgan fingerprint density at radius 1 is 1.20 bits per heavy atom. The summed E-state index contributed by atoms with van der Waals surface area (Å²) in [6.45, 7) is 5.68. The van der Waals surface area contributed by atoms with Gasteiger partial charge in [0.25, 0.3) is 5.56 Å². The summed E-state index contributed by atoms with van der Waals surface area (Å²) < 4.78 is 0. The van der Waals surface area contributed by atoms with Crippen molar-refractivity contribution in [2.45, 2.75) is 57.4 Å². The number of rotatable bonds is 5. The molecular formula is C20H23N5O3S2. The maximum absolute atomic E-state index is 12.5. The SMILES string of the molecule is Cc1[nH]c(=O)[nH]c(=O)c1NC(=O)CSc1nc(C(C)C)nc2sc3c(c12)CCCC3. The van der Waals surface area contributed by atoms with Crippen LogP contribution in [0, 0.1) is 6.92 Å². The van der Waals surface area contributed by atoms with Crippen LogP contribution in [0.1, 0.15) is 54.6 Å². The minimum atomic E-state index is -0.618. The molecule has 0 atom stereocenters. The molecule has 0 unspecified atom stereocenters. The number of H-pyrrole nitrogens is 2. The van der Waals surface area contributed by atoms with Gasteiger partial charge >= 0.3 is 5.69 Å². The third-order valence-corrected chi connectivity index (χ3v) is 7.21. The molecule has 0 radical (unpaired) electrons. The van der Waals surface area contributed by atoms with E-state index in [0.29, 0.717) is 5.69 Å². The highest BCUT2D eigenvalue weighted by molar-refractivity contribution is 8.00. The lowest BCUT2D eigenvalue weighted by molar-refractivity contribution is -0.113. The molecule has 0 saturated carbocycles. The second-order valence-corrected chi connectivity index (χ2v) is 9.73. The van der Waals surface area contributed by atoms with Crippen molar-refractivity contribution in [3.8, 4) is 0 Å². The number of hydrogen-bond donors (Lipinski definition) is 3. The van der Waals surface area contributed by atoms with Crippen molar-refractivity contribution in [2.24, 2.45) is 0 Å². The highest BCUT2D eigenvalue weighted by Crippen LogP contribution is 2.40. The van der Waals surface area contributed by atoms with Crippen molar-refractivity contribution in [2.75, 3.05) is 11.1 Å². The maximum atomic E-state index is 12.5. The second-order valence-electron chi connectivity index (χ2n) is 7.68. The number of anilines is 1. The summed E-state index contributed by atoms with van der Waals surface area (Å²) in [5, 5.41) is 4.51. The number of aryl methyl sites for hydroxylation is 3. The summed E-state index contributed by atoms with van der Waals surface area (Å²) in [6.07, 6.45) is 4.45. The van der Waals surface area contributed by atoms with Crippen molar-refractivity contribution in [3.05, 3.63) is 42.8 Å². The summed E-state index contributed by atoms with van der Waals surface area (Å²) in [7, 11) is 0. The van der Waals surface area contributed by atoms with Crippen molar-refractivity contribution >= 4 is 44.9 Å². The van der Waals surface area contributed by atoms with E-state index >= 15 is 0 Å². The molecule has 1 aliphatic rings. The van der Waals surface area contributed by atoms with Gasteiger partial charge < -0.3 is 10.3 Å². The van der Waals surface area contributed by atoms with E-state index in [-0.39, 0.29) is 23.3 Å². The van der Waals surface area contributed by atoms with E-state index in [0.717, 1.165) is 40.3 Å². The predicted molar refractivity (Wildman–Crippen MR) is 120 cm³/mol. The number of nitrogens with zero attached hydrogens (tertiary/aromatic N) is 2. The third-order valence-electron chi connectivity index (χ3n) is 5.05. The quantitative estimate of drug-likeness (QED) is 0.410. The summed E-state index contributed by atoms with van der Waals surface area (Å²) in [5.74, 6) is 0.732. The number of carbonyl (C=O) groups is 1. The van der Waals surface area contributed by atoms with E-state index in [4.69, 9.17) is 9.97 Å². The monoisotopic (exact) mass is 445 g/mol. The number of aromatic nitrogens is 4. The first kappa shape index (κ1) is 20.8. The molecule has 1 aliphatic carbocycles. The van der Waals surface area contributed by atoms with Gasteiger partial charge in [-0.2, -0.15) is 0 Å². The largest absolute Gasteiger partial charge is 0.326 e. The van der Waals surface area contributed by atoms with Gasteiger partial charge in [0.15, 0.2) is 0 Å². The summed E-state index contributed by atoms with van der Waals surface area (Å²) in [5.41, 5.74) is 0.487. The van der Waals surface area contributed by atoms with Gasteiger partial charge in [-0.3, -0.25) is 14.6 Å². The van der Waals surface area contributed by atoms with E-state index in [1.165, 1.54) is 28.6 Å². The van der Waals surface area contributed by atoms with Gasteiger partial charge in [-0.25, -0.2) is 14.8 Å². The highest BCUT2D eigenvalue weighted by Gasteiger charge is 2.22. The first-order valence-corrected chi connectivity index (χ1v) is 11.7. The molecule has 3 aromatic heterocycles. The Morgan fingerprint density at radius 2 is 1.97 bits per heavy atom. The van der Waals surface area contributed by atoms with Crippen molar-refractivity contribution in [1.29, 1.82) is 0 Å². The average Bonchev–Trinajstić information content (AvgIpc) is 3.07. The molecule has 30 heavy (non-hydrogen) atoms. The number of hydrogen-bond acceptors (Lipinski definition) is 7. The predicted octanol–water partition coefficient (Wildman–Crippen LogP) is 3.11. The third kappa shape index (κ3) is 4.06. The van der Waals surface area contributed by atoms with Crippen LogP contribution in [0.15, 0.2) is 14.6 Å². The molecule has 3 heterocycles. The van der Waals surface area contributed by atoms with Gasteiger partial charge in [0.05, 0.1) is 5.75 Å². The molecular weight excluding hydrogens is 422 g/mol. The zero-order valence-corrected chi connectivity index (χ0v) is 18.7. The van der Waals surface area contributed by atoms with Crippen LogP contribution in [-0.2, 0) is 17.6 Å². The Balaban J connectivity index is 1.62. The van der Waals surface area contributed by atoms with Crippen LogP contribution >= 0.6 is 23.1 Å². The van der Waals surface area contributed by atoms with Crippen molar-refractivity contribution in [3.63, 3.8) is 0 Å². The fraction of sp³-hybridized carbons (Fsp3) is 0.450. The number of thiophene rings is 1. The van der Waals surface area contributed by atoms with Crippen LogP contribution in [0.4, 0.5) is 5.69 Å².